The van der Waals surface area contributed by atoms with Crippen molar-refractivity contribution < 1.29 is 14.3 Å². The first-order valence-electron chi connectivity index (χ1n) is 11.2. The third-order valence-electron chi connectivity index (χ3n) is 8.05. The molecule has 2 fully saturated rings. The van der Waals surface area contributed by atoms with Gasteiger partial charge in [0.05, 0.1) is 11.7 Å². The van der Waals surface area contributed by atoms with Crippen LogP contribution in [0.25, 0.3) is 0 Å². The summed E-state index contributed by atoms with van der Waals surface area (Å²) in [5, 5.41) is 10.2. The lowest BCUT2D eigenvalue weighted by Gasteiger charge is -2.49. The lowest BCUT2D eigenvalue weighted by atomic mass is 9.63. The molecule has 4 heteroatoms. The second kappa shape index (κ2) is 8.08. The minimum atomic E-state index is -1.74. The Kier molecular flexibility index (Phi) is 7.00. The maximum atomic E-state index is 9.95. The van der Waals surface area contributed by atoms with Crippen LogP contribution in [0.3, 0.4) is 0 Å². The number of hydrogen-bond donors (Lipinski definition) is 1. The van der Waals surface area contributed by atoms with Crippen molar-refractivity contribution in [2.75, 3.05) is 6.61 Å². The van der Waals surface area contributed by atoms with Gasteiger partial charge < -0.3 is 14.3 Å². The van der Waals surface area contributed by atoms with Crippen molar-refractivity contribution in [3.63, 3.8) is 0 Å². The van der Waals surface area contributed by atoms with Crippen LogP contribution in [-0.4, -0.2) is 37.8 Å². The number of rotatable bonds is 7. The molecule has 3 nitrogen and oxygen atoms in total. The first-order chi connectivity index (χ1) is 12.2. The Bertz CT molecular complexity index is 491. The summed E-state index contributed by atoms with van der Waals surface area (Å²) in [5.41, 5.74) is -0.311. The predicted octanol–water partition coefficient (Wildman–Crippen LogP) is 6.16. The summed E-state index contributed by atoms with van der Waals surface area (Å²) in [6.45, 7) is 20.9. The molecule has 0 radical (unpaired) electrons. The maximum absolute atomic E-state index is 9.95. The topological polar surface area (TPSA) is 38.7 Å². The molecule has 160 valence electrons. The molecule has 0 spiro atoms. The molecule has 0 amide bonds. The zero-order chi connectivity index (χ0) is 20.7. The van der Waals surface area contributed by atoms with Crippen LogP contribution in [0.4, 0.5) is 0 Å². The molecule has 0 aliphatic heterocycles. The summed E-state index contributed by atoms with van der Waals surface area (Å²) in [6, 6.07) is 0. The SMILES string of the molecule is C[C@H](OCCC(C)(C)O)[C@H]1CC[C@H]2C(O[Si](C)(C)C(C)(C)C)CCC[C@]12C. The van der Waals surface area contributed by atoms with E-state index in [2.05, 4.69) is 47.7 Å². The van der Waals surface area contributed by atoms with E-state index in [0.717, 1.165) is 0 Å². The van der Waals surface area contributed by atoms with E-state index in [1.54, 1.807) is 0 Å². The summed E-state index contributed by atoms with van der Waals surface area (Å²) in [6.07, 6.45) is 7.72. The zero-order valence-corrected chi connectivity index (χ0v) is 20.5. The van der Waals surface area contributed by atoms with E-state index < -0.39 is 13.9 Å². The van der Waals surface area contributed by atoms with Gasteiger partial charge in [0.1, 0.15) is 0 Å². The minimum absolute atomic E-state index is 0.258. The van der Waals surface area contributed by atoms with Crippen molar-refractivity contribution in [2.45, 2.75) is 123 Å². The number of aliphatic hydroxyl groups is 1. The lowest BCUT2D eigenvalue weighted by molar-refractivity contribution is -0.0699. The molecule has 2 aliphatic carbocycles. The molecular formula is C23H46O3Si. The third kappa shape index (κ3) is 5.37. The summed E-state index contributed by atoms with van der Waals surface area (Å²) < 4.78 is 13.2. The van der Waals surface area contributed by atoms with Crippen LogP contribution >= 0.6 is 0 Å². The molecule has 1 unspecified atom stereocenters. The minimum Gasteiger partial charge on any atom is -0.414 e. The molecule has 2 aliphatic rings. The predicted molar refractivity (Wildman–Crippen MR) is 117 cm³/mol. The highest BCUT2D eigenvalue weighted by atomic mass is 28.4. The van der Waals surface area contributed by atoms with Crippen molar-refractivity contribution >= 4 is 8.32 Å². The molecule has 0 heterocycles. The molecule has 0 aromatic rings. The molecule has 0 aromatic heterocycles. The van der Waals surface area contributed by atoms with Gasteiger partial charge in [-0.25, -0.2) is 0 Å². The average Bonchev–Trinajstić information content (AvgIpc) is 2.82. The number of ether oxygens (including phenoxy) is 1. The fourth-order valence-electron chi connectivity index (χ4n) is 5.24. The van der Waals surface area contributed by atoms with Crippen LogP contribution in [-0.2, 0) is 9.16 Å². The van der Waals surface area contributed by atoms with E-state index in [-0.39, 0.29) is 11.1 Å². The van der Waals surface area contributed by atoms with E-state index in [9.17, 15) is 5.11 Å². The molecule has 5 atom stereocenters. The van der Waals surface area contributed by atoms with Crippen LogP contribution in [0.5, 0.6) is 0 Å². The summed E-state index contributed by atoms with van der Waals surface area (Å²) in [4.78, 5) is 0. The Morgan fingerprint density at radius 2 is 1.74 bits per heavy atom. The van der Waals surface area contributed by atoms with E-state index in [1.807, 2.05) is 13.8 Å². The molecular weight excluding hydrogens is 352 g/mol. The second-order valence-electron chi connectivity index (χ2n) is 11.7. The van der Waals surface area contributed by atoms with Gasteiger partial charge in [0, 0.05) is 12.7 Å². The second-order valence-corrected chi connectivity index (χ2v) is 16.5. The van der Waals surface area contributed by atoms with Gasteiger partial charge in [-0.3, -0.25) is 0 Å². The van der Waals surface area contributed by atoms with E-state index in [1.165, 1.54) is 32.1 Å². The molecule has 2 saturated carbocycles. The van der Waals surface area contributed by atoms with E-state index in [4.69, 9.17) is 9.16 Å². The van der Waals surface area contributed by atoms with Gasteiger partial charge in [0.2, 0.25) is 0 Å². The number of fused-ring (bicyclic) bond motifs is 1. The Hall–Kier alpha value is 0.0969. The monoisotopic (exact) mass is 398 g/mol. The highest BCUT2D eigenvalue weighted by Gasteiger charge is 2.54. The first-order valence-corrected chi connectivity index (χ1v) is 14.1. The van der Waals surface area contributed by atoms with Crippen molar-refractivity contribution in [2.24, 2.45) is 17.3 Å². The molecule has 0 aromatic carbocycles. The largest absolute Gasteiger partial charge is 0.414 e. The normalized spacial score (nSPS) is 33.8. The number of hydrogen-bond acceptors (Lipinski definition) is 3. The van der Waals surface area contributed by atoms with Crippen LogP contribution in [0.1, 0.15) is 87.0 Å². The fourth-order valence-corrected chi connectivity index (χ4v) is 6.63. The Morgan fingerprint density at radius 1 is 1.11 bits per heavy atom. The lowest BCUT2D eigenvalue weighted by Crippen LogP contribution is -2.50. The van der Waals surface area contributed by atoms with Gasteiger partial charge in [0.25, 0.3) is 0 Å². The smallest absolute Gasteiger partial charge is 0.192 e. The molecule has 0 bridgehead atoms. The molecule has 2 rings (SSSR count). The first kappa shape index (κ1) is 23.4. The van der Waals surface area contributed by atoms with Crippen LogP contribution in [0.15, 0.2) is 0 Å². The highest BCUT2D eigenvalue weighted by Crippen LogP contribution is 2.58. The van der Waals surface area contributed by atoms with Crippen molar-refractivity contribution in [3.8, 4) is 0 Å². The van der Waals surface area contributed by atoms with E-state index in [0.29, 0.717) is 36.4 Å². The Morgan fingerprint density at radius 3 is 2.30 bits per heavy atom. The standard InChI is InChI=1S/C23H46O3Si/c1-17(25-16-15-22(5,6)24)18-12-13-19-20(11-10-14-23(18,19)7)26-27(8,9)21(2,3)4/h17-20,24H,10-16H2,1-9H3/t17-,18+,19-,20?,23+/m0/s1. The van der Waals surface area contributed by atoms with Gasteiger partial charge >= 0.3 is 0 Å². The van der Waals surface area contributed by atoms with Gasteiger partial charge in [-0.1, -0.05) is 34.1 Å². The average molecular weight is 399 g/mol. The molecule has 27 heavy (non-hydrogen) atoms. The van der Waals surface area contributed by atoms with Crippen LogP contribution < -0.4 is 0 Å². The fraction of sp³-hybridized carbons (Fsp3) is 1.00. The van der Waals surface area contributed by atoms with Crippen molar-refractivity contribution in [1.29, 1.82) is 0 Å². The Balaban J connectivity index is 2.04. The van der Waals surface area contributed by atoms with Gasteiger partial charge in [-0.15, -0.1) is 0 Å². The summed E-state index contributed by atoms with van der Waals surface area (Å²) in [7, 11) is -1.74. The zero-order valence-electron chi connectivity index (χ0n) is 19.5. The quantitative estimate of drug-likeness (QED) is 0.522. The Labute approximate surface area is 169 Å². The van der Waals surface area contributed by atoms with E-state index >= 15 is 0 Å². The van der Waals surface area contributed by atoms with Gasteiger partial charge in [-0.2, -0.15) is 0 Å². The molecule has 1 N–H and O–H groups in total. The maximum Gasteiger partial charge on any atom is 0.192 e. The van der Waals surface area contributed by atoms with Gasteiger partial charge in [0.15, 0.2) is 8.32 Å². The van der Waals surface area contributed by atoms with Gasteiger partial charge in [-0.05, 0) is 88.3 Å². The van der Waals surface area contributed by atoms with Crippen LogP contribution in [0, 0.1) is 17.3 Å². The van der Waals surface area contributed by atoms with Crippen molar-refractivity contribution in [1.82, 2.24) is 0 Å². The highest BCUT2D eigenvalue weighted by molar-refractivity contribution is 6.74. The summed E-state index contributed by atoms with van der Waals surface area (Å²) >= 11 is 0. The summed E-state index contributed by atoms with van der Waals surface area (Å²) in [5.74, 6) is 1.28. The van der Waals surface area contributed by atoms with Crippen molar-refractivity contribution in [3.05, 3.63) is 0 Å². The third-order valence-corrected chi connectivity index (χ3v) is 12.6. The molecule has 0 saturated heterocycles. The van der Waals surface area contributed by atoms with Crippen LogP contribution in [0.2, 0.25) is 18.1 Å².